The average molecular weight is 285 g/mol. The van der Waals surface area contributed by atoms with Crippen LogP contribution in [0.2, 0.25) is 0 Å². The predicted molar refractivity (Wildman–Crippen MR) is 71.6 cm³/mol. The summed E-state index contributed by atoms with van der Waals surface area (Å²) in [6.07, 6.45) is 0.581. The molecule has 1 unspecified atom stereocenters. The van der Waals surface area contributed by atoms with Crippen molar-refractivity contribution < 1.29 is 19.1 Å². The Morgan fingerprint density at radius 3 is 2.53 bits per heavy atom. The van der Waals surface area contributed by atoms with Gasteiger partial charge in [-0.2, -0.15) is 0 Å². The number of rotatable bonds is 7. The highest BCUT2D eigenvalue weighted by Gasteiger charge is 2.16. The van der Waals surface area contributed by atoms with Crippen LogP contribution in [0, 0.1) is 5.82 Å². The van der Waals surface area contributed by atoms with E-state index in [1.807, 2.05) is 0 Å². The second-order valence-electron chi connectivity index (χ2n) is 3.92. The zero-order chi connectivity index (χ0) is 14.3. The van der Waals surface area contributed by atoms with Crippen LogP contribution in [0.15, 0.2) is 29.2 Å². The number of amides is 1. The smallest absolute Gasteiger partial charge is 0.326 e. The summed E-state index contributed by atoms with van der Waals surface area (Å²) in [4.78, 5) is 23.1. The normalized spacial score (nSPS) is 11.9. The largest absolute Gasteiger partial charge is 0.480 e. The fraction of sp³-hybridized carbons (Fsp3) is 0.385. The topological polar surface area (TPSA) is 66.4 Å². The Labute approximate surface area is 115 Å². The molecule has 1 atom stereocenters. The molecule has 1 rings (SSSR count). The van der Waals surface area contributed by atoms with Crippen LogP contribution in [-0.2, 0) is 9.59 Å². The number of aliphatic carboxylic acids is 1. The summed E-state index contributed by atoms with van der Waals surface area (Å²) in [6, 6.07) is 5.18. The van der Waals surface area contributed by atoms with Crippen LogP contribution in [-0.4, -0.2) is 28.8 Å². The quantitative estimate of drug-likeness (QED) is 0.754. The van der Waals surface area contributed by atoms with Crippen LogP contribution in [0.3, 0.4) is 0 Å². The summed E-state index contributed by atoms with van der Waals surface area (Å²) >= 11 is 1.43. The van der Waals surface area contributed by atoms with Crippen molar-refractivity contribution in [2.75, 3.05) is 5.75 Å². The first kappa shape index (κ1) is 15.5. The minimum Gasteiger partial charge on any atom is -0.480 e. The van der Waals surface area contributed by atoms with E-state index in [0.29, 0.717) is 12.2 Å². The third-order valence-corrected chi connectivity index (χ3v) is 3.47. The molecule has 1 aromatic carbocycles. The van der Waals surface area contributed by atoms with Gasteiger partial charge in [0, 0.05) is 17.1 Å². The lowest BCUT2D eigenvalue weighted by atomic mass is 10.2. The fourth-order valence-electron chi connectivity index (χ4n) is 1.40. The summed E-state index contributed by atoms with van der Waals surface area (Å²) in [5.41, 5.74) is 0. The molecule has 0 saturated heterocycles. The molecular weight excluding hydrogens is 269 g/mol. The molecule has 0 spiro atoms. The van der Waals surface area contributed by atoms with Gasteiger partial charge in [0.1, 0.15) is 11.9 Å². The lowest BCUT2D eigenvalue weighted by molar-refractivity contribution is -0.141. The van der Waals surface area contributed by atoms with Crippen molar-refractivity contribution in [1.29, 1.82) is 0 Å². The fourth-order valence-corrected chi connectivity index (χ4v) is 2.25. The van der Waals surface area contributed by atoms with Crippen molar-refractivity contribution in [3.63, 3.8) is 0 Å². The average Bonchev–Trinajstić information content (AvgIpc) is 2.38. The highest BCUT2D eigenvalue weighted by atomic mass is 32.2. The molecule has 0 bridgehead atoms. The summed E-state index contributed by atoms with van der Waals surface area (Å²) in [5.74, 6) is -1.09. The Balaban J connectivity index is 2.30. The lowest BCUT2D eigenvalue weighted by Gasteiger charge is -2.11. The van der Waals surface area contributed by atoms with E-state index in [1.165, 1.54) is 23.9 Å². The highest BCUT2D eigenvalue weighted by Crippen LogP contribution is 2.18. The molecule has 0 aliphatic carbocycles. The Kier molecular flexibility index (Phi) is 6.35. The molecule has 4 nitrogen and oxygen atoms in total. The number of carboxylic acid groups (broad SMARTS) is 1. The molecule has 19 heavy (non-hydrogen) atoms. The van der Waals surface area contributed by atoms with Gasteiger partial charge in [-0.3, -0.25) is 4.79 Å². The van der Waals surface area contributed by atoms with E-state index in [9.17, 15) is 14.0 Å². The zero-order valence-electron chi connectivity index (χ0n) is 10.6. The molecule has 0 saturated carbocycles. The lowest BCUT2D eigenvalue weighted by Crippen LogP contribution is -2.40. The molecule has 6 heteroatoms. The molecule has 1 aromatic rings. The van der Waals surface area contributed by atoms with Gasteiger partial charge in [-0.05, 0) is 30.7 Å². The molecular formula is C13H16FNO3S. The Morgan fingerprint density at radius 1 is 1.37 bits per heavy atom. The summed E-state index contributed by atoms with van der Waals surface area (Å²) in [7, 11) is 0. The van der Waals surface area contributed by atoms with Gasteiger partial charge in [-0.15, -0.1) is 11.8 Å². The van der Waals surface area contributed by atoms with Gasteiger partial charge in [0.2, 0.25) is 5.91 Å². The Bertz CT molecular complexity index is 436. The van der Waals surface area contributed by atoms with E-state index in [4.69, 9.17) is 5.11 Å². The van der Waals surface area contributed by atoms with E-state index < -0.39 is 12.0 Å². The van der Waals surface area contributed by atoms with Crippen molar-refractivity contribution in [3.8, 4) is 0 Å². The molecule has 0 heterocycles. The van der Waals surface area contributed by atoms with E-state index >= 15 is 0 Å². The van der Waals surface area contributed by atoms with Crippen molar-refractivity contribution >= 4 is 23.6 Å². The Hall–Kier alpha value is -1.56. The van der Waals surface area contributed by atoms with Gasteiger partial charge in [0.05, 0.1) is 0 Å². The van der Waals surface area contributed by atoms with Gasteiger partial charge >= 0.3 is 5.97 Å². The molecule has 0 aliphatic rings. The second-order valence-corrected chi connectivity index (χ2v) is 5.09. The van der Waals surface area contributed by atoms with E-state index in [0.717, 1.165) is 4.90 Å². The van der Waals surface area contributed by atoms with Crippen LogP contribution >= 0.6 is 11.8 Å². The number of hydrogen-bond donors (Lipinski definition) is 2. The van der Waals surface area contributed by atoms with Crippen LogP contribution in [0.5, 0.6) is 0 Å². The van der Waals surface area contributed by atoms with Crippen molar-refractivity contribution in [1.82, 2.24) is 5.32 Å². The van der Waals surface area contributed by atoms with Crippen molar-refractivity contribution in [2.24, 2.45) is 0 Å². The standard InChI is InChI=1S/C13H16FNO3S/c1-2-11(13(17)18)15-12(16)7-8-19-10-5-3-9(14)4-6-10/h3-6,11H,2,7-8H2,1H3,(H,15,16)(H,17,18). The molecule has 0 fully saturated rings. The van der Waals surface area contributed by atoms with Crippen LogP contribution in [0.25, 0.3) is 0 Å². The van der Waals surface area contributed by atoms with E-state index in [1.54, 1.807) is 19.1 Å². The minimum absolute atomic E-state index is 0.228. The minimum atomic E-state index is -1.03. The molecule has 104 valence electrons. The van der Waals surface area contributed by atoms with Crippen LogP contribution in [0.4, 0.5) is 4.39 Å². The number of nitrogens with one attached hydrogen (secondary N) is 1. The SMILES string of the molecule is CCC(NC(=O)CCSc1ccc(F)cc1)C(=O)O. The van der Waals surface area contributed by atoms with Gasteiger partial charge in [-0.25, -0.2) is 9.18 Å². The number of carbonyl (C=O) groups is 2. The maximum absolute atomic E-state index is 12.7. The molecule has 0 aliphatic heterocycles. The zero-order valence-corrected chi connectivity index (χ0v) is 11.4. The Morgan fingerprint density at radius 2 is 2.00 bits per heavy atom. The third kappa shape index (κ3) is 5.74. The monoisotopic (exact) mass is 285 g/mol. The first-order chi connectivity index (χ1) is 9.02. The van der Waals surface area contributed by atoms with Crippen LogP contribution in [0.1, 0.15) is 19.8 Å². The number of thioether (sulfide) groups is 1. The number of hydrogen-bond acceptors (Lipinski definition) is 3. The first-order valence-corrected chi connectivity index (χ1v) is 6.92. The first-order valence-electron chi connectivity index (χ1n) is 5.93. The maximum atomic E-state index is 12.7. The maximum Gasteiger partial charge on any atom is 0.326 e. The van der Waals surface area contributed by atoms with E-state index in [2.05, 4.69) is 5.32 Å². The number of halogens is 1. The summed E-state index contributed by atoms with van der Waals surface area (Å²) < 4.78 is 12.7. The second kappa shape index (κ2) is 7.78. The predicted octanol–water partition coefficient (Wildman–Crippen LogP) is 2.29. The van der Waals surface area contributed by atoms with Gasteiger partial charge in [0.15, 0.2) is 0 Å². The van der Waals surface area contributed by atoms with E-state index in [-0.39, 0.29) is 18.1 Å². The number of benzene rings is 1. The van der Waals surface area contributed by atoms with Gasteiger partial charge in [0.25, 0.3) is 0 Å². The molecule has 2 N–H and O–H groups in total. The summed E-state index contributed by atoms with van der Waals surface area (Å²) in [6.45, 7) is 1.70. The van der Waals surface area contributed by atoms with Crippen LogP contribution < -0.4 is 5.32 Å². The van der Waals surface area contributed by atoms with Gasteiger partial charge < -0.3 is 10.4 Å². The summed E-state index contributed by atoms with van der Waals surface area (Å²) in [5, 5.41) is 11.2. The van der Waals surface area contributed by atoms with Crippen molar-refractivity contribution in [2.45, 2.75) is 30.7 Å². The third-order valence-electron chi connectivity index (χ3n) is 2.45. The molecule has 0 radical (unpaired) electrons. The van der Waals surface area contributed by atoms with Gasteiger partial charge in [-0.1, -0.05) is 6.92 Å². The number of carboxylic acids is 1. The van der Waals surface area contributed by atoms with Crippen molar-refractivity contribution in [3.05, 3.63) is 30.1 Å². The number of carbonyl (C=O) groups excluding carboxylic acids is 1. The molecule has 0 aromatic heterocycles. The highest BCUT2D eigenvalue weighted by molar-refractivity contribution is 7.99. The molecule has 1 amide bonds.